The SMILES string of the molecule is CCCn1ccc(-c2nnc3sc(N)nn23)n1. The Morgan fingerprint density at radius 1 is 1.35 bits per heavy atom. The van der Waals surface area contributed by atoms with Gasteiger partial charge in [0.25, 0.3) is 0 Å². The number of aryl methyl sites for hydroxylation is 1. The topological polar surface area (TPSA) is 86.9 Å². The van der Waals surface area contributed by atoms with Gasteiger partial charge in [-0.2, -0.15) is 9.61 Å². The van der Waals surface area contributed by atoms with Crippen LogP contribution in [0.4, 0.5) is 5.13 Å². The normalized spacial score (nSPS) is 11.4. The highest BCUT2D eigenvalue weighted by molar-refractivity contribution is 7.20. The molecular formula is C9H11N7S. The molecule has 3 heterocycles. The van der Waals surface area contributed by atoms with Crippen molar-refractivity contribution < 1.29 is 0 Å². The number of aromatic nitrogens is 6. The molecule has 3 rings (SSSR count). The van der Waals surface area contributed by atoms with E-state index in [0.717, 1.165) is 18.7 Å². The van der Waals surface area contributed by atoms with Crippen molar-refractivity contribution in [1.29, 1.82) is 0 Å². The van der Waals surface area contributed by atoms with Crippen LogP contribution in [0.15, 0.2) is 12.3 Å². The van der Waals surface area contributed by atoms with Crippen molar-refractivity contribution in [3.8, 4) is 11.5 Å². The number of nitrogen functional groups attached to an aromatic ring is 1. The van der Waals surface area contributed by atoms with Crippen LogP contribution in [0.2, 0.25) is 0 Å². The number of rotatable bonds is 3. The average molecular weight is 249 g/mol. The molecule has 0 bridgehead atoms. The van der Waals surface area contributed by atoms with Gasteiger partial charge in [-0.25, -0.2) is 0 Å². The Morgan fingerprint density at radius 3 is 3.06 bits per heavy atom. The van der Waals surface area contributed by atoms with Crippen molar-refractivity contribution in [1.82, 2.24) is 29.6 Å². The minimum absolute atomic E-state index is 0.476. The van der Waals surface area contributed by atoms with E-state index in [0.29, 0.717) is 15.9 Å². The second-order valence-electron chi connectivity index (χ2n) is 3.62. The van der Waals surface area contributed by atoms with Gasteiger partial charge in [0.05, 0.1) is 0 Å². The van der Waals surface area contributed by atoms with Gasteiger partial charge < -0.3 is 5.73 Å². The largest absolute Gasteiger partial charge is 0.374 e. The fourth-order valence-corrected chi connectivity index (χ4v) is 2.23. The number of nitrogens with two attached hydrogens (primary N) is 1. The summed E-state index contributed by atoms with van der Waals surface area (Å²) in [5.41, 5.74) is 6.39. The third kappa shape index (κ3) is 1.66. The smallest absolute Gasteiger partial charge is 0.236 e. The van der Waals surface area contributed by atoms with Crippen LogP contribution in [0.1, 0.15) is 13.3 Å². The second kappa shape index (κ2) is 3.81. The van der Waals surface area contributed by atoms with Gasteiger partial charge in [-0.15, -0.1) is 15.3 Å². The highest BCUT2D eigenvalue weighted by atomic mass is 32.1. The Labute approximate surface area is 101 Å². The van der Waals surface area contributed by atoms with Crippen molar-refractivity contribution in [3.05, 3.63) is 12.3 Å². The molecule has 7 nitrogen and oxygen atoms in total. The van der Waals surface area contributed by atoms with Crippen LogP contribution >= 0.6 is 11.3 Å². The molecule has 0 fully saturated rings. The van der Waals surface area contributed by atoms with Gasteiger partial charge in [0, 0.05) is 12.7 Å². The van der Waals surface area contributed by atoms with E-state index in [1.54, 1.807) is 4.52 Å². The first-order chi connectivity index (χ1) is 8.28. The zero-order chi connectivity index (χ0) is 11.8. The molecule has 2 N–H and O–H groups in total. The second-order valence-corrected chi connectivity index (χ2v) is 4.61. The summed E-state index contributed by atoms with van der Waals surface area (Å²) in [4.78, 5) is 0.683. The van der Waals surface area contributed by atoms with Gasteiger partial charge in [-0.3, -0.25) is 4.68 Å². The van der Waals surface area contributed by atoms with E-state index in [1.807, 2.05) is 16.9 Å². The summed E-state index contributed by atoms with van der Waals surface area (Å²) in [6, 6.07) is 1.90. The van der Waals surface area contributed by atoms with Crippen LogP contribution in [0, 0.1) is 0 Å². The monoisotopic (exact) mass is 249 g/mol. The van der Waals surface area contributed by atoms with Crippen LogP contribution in [0.3, 0.4) is 0 Å². The van der Waals surface area contributed by atoms with Gasteiger partial charge in [-0.1, -0.05) is 18.3 Å². The Bertz CT molecular complexity index is 649. The van der Waals surface area contributed by atoms with Gasteiger partial charge in [0.2, 0.25) is 15.9 Å². The van der Waals surface area contributed by atoms with E-state index in [-0.39, 0.29) is 0 Å². The standard InChI is InChI=1S/C9H11N7S/c1-2-4-15-5-3-6(13-15)7-11-12-9-16(7)14-8(10)17-9/h3,5H,2,4H2,1H3,(H2,10,14). The van der Waals surface area contributed by atoms with E-state index in [2.05, 4.69) is 27.3 Å². The van der Waals surface area contributed by atoms with Gasteiger partial charge in [0.1, 0.15) is 5.69 Å². The Kier molecular flexibility index (Phi) is 2.29. The van der Waals surface area contributed by atoms with Crippen molar-refractivity contribution in [3.63, 3.8) is 0 Å². The summed E-state index contributed by atoms with van der Waals surface area (Å²) in [5.74, 6) is 0.628. The first-order valence-corrected chi connectivity index (χ1v) is 6.11. The minimum Gasteiger partial charge on any atom is -0.374 e. The Hall–Kier alpha value is -1.96. The zero-order valence-corrected chi connectivity index (χ0v) is 10.1. The summed E-state index contributed by atoms with van der Waals surface area (Å²) in [5, 5.41) is 17.1. The van der Waals surface area contributed by atoms with Crippen molar-refractivity contribution in [2.45, 2.75) is 19.9 Å². The maximum absolute atomic E-state index is 5.63. The molecule has 8 heteroatoms. The van der Waals surface area contributed by atoms with Crippen molar-refractivity contribution >= 4 is 21.4 Å². The average Bonchev–Trinajstić information content (AvgIpc) is 2.93. The van der Waals surface area contributed by atoms with E-state index in [9.17, 15) is 0 Å². The number of nitrogens with zero attached hydrogens (tertiary/aromatic N) is 6. The quantitative estimate of drug-likeness (QED) is 0.749. The van der Waals surface area contributed by atoms with E-state index >= 15 is 0 Å². The molecule has 0 aliphatic rings. The van der Waals surface area contributed by atoms with Gasteiger partial charge in [-0.05, 0) is 12.5 Å². The Morgan fingerprint density at radius 2 is 2.24 bits per heavy atom. The van der Waals surface area contributed by atoms with Crippen molar-refractivity contribution in [2.24, 2.45) is 0 Å². The predicted octanol–water partition coefficient (Wildman–Crippen LogP) is 1.04. The number of hydrogen-bond donors (Lipinski definition) is 1. The maximum atomic E-state index is 5.63. The highest BCUT2D eigenvalue weighted by Gasteiger charge is 2.14. The predicted molar refractivity (Wildman–Crippen MR) is 64.6 cm³/mol. The molecule has 0 atom stereocenters. The minimum atomic E-state index is 0.476. The highest BCUT2D eigenvalue weighted by Crippen LogP contribution is 2.20. The van der Waals surface area contributed by atoms with Crippen LogP contribution in [0.25, 0.3) is 16.5 Å². The number of anilines is 1. The molecule has 0 aliphatic carbocycles. The summed E-state index contributed by atoms with van der Waals surface area (Å²) in [6.45, 7) is 3.00. The van der Waals surface area contributed by atoms with Crippen molar-refractivity contribution in [2.75, 3.05) is 5.73 Å². The molecule has 0 aromatic carbocycles. The van der Waals surface area contributed by atoms with E-state index < -0.39 is 0 Å². The van der Waals surface area contributed by atoms with Crippen LogP contribution < -0.4 is 5.73 Å². The lowest BCUT2D eigenvalue weighted by molar-refractivity contribution is 0.603. The molecule has 0 saturated heterocycles. The van der Waals surface area contributed by atoms with Crippen LogP contribution in [-0.4, -0.2) is 29.6 Å². The third-order valence-corrected chi connectivity index (χ3v) is 3.06. The molecule has 0 radical (unpaired) electrons. The molecule has 17 heavy (non-hydrogen) atoms. The summed E-state index contributed by atoms with van der Waals surface area (Å²) >= 11 is 1.31. The van der Waals surface area contributed by atoms with E-state index in [4.69, 9.17) is 5.73 Å². The molecule has 0 amide bonds. The van der Waals surface area contributed by atoms with E-state index in [1.165, 1.54) is 11.3 Å². The lowest BCUT2D eigenvalue weighted by atomic mass is 10.4. The molecule has 88 valence electrons. The zero-order valence-electron chi connectivity index (χ0n) is 9.24. The molecule has 0 unspecified atom stereocenters. The number of fused-ring (bicyclic) bond motifs is 1. The van der Waals surface area contributed by atoms with Crippen LogP contribution in [-0.2, 0) is 6.54 Å². The molecule has 3 aromatic rings. The molecule has 0 aliphatic heterocycles. The Balaban J connectivity index is 2.06. The molecule has 0 spiro atoms. The lowest BCUT2D eigenvalue weighted by Crippen LogP contribution is -1.98. The number of hydrogen-bond acceptors (Lipinski definition) is 6. The lowest BCUT2D eigenvalue weighted by Gasteiger charge is -1.95. The summed E-state index contributed by atoms with van der Waals surface area (Å²) in [6.07, 6.45) is 2.97. The first kappa shape index (κ1) is 10.2. The first-order valence-electron chi connectivity index (χ1n) is 5.29. The van der Waals surface area contributed by atoms with Crippen LogP contribution in [0.5, 0.6) is 0 Å². The third-order valence-electron chi connectivity index (χ3n) is 2.33. The molecule has 3 aromatic heterocycles. The fraction of sp³-hybridized carbons (Fsp3) is 0.333. The summed E-state index contributed by atoms with van der Waals surface area (Å²) < 4.78 is 3.50. The summed E-state index contributed by atoms with van der Waals surface area (Å²) in [7, 11) is 0. The molecular weight excluding hydrogens is 238 g/mol. The fourth-order valence-electron chi connectivity index (χ4n) is 1.63. The van der Waals surface area contributed by atoms with Gasteiger partial charge in [0.15, 0.2) is 0 Å². The van der Waals surface area contributed by atoms with Gasteiger partial charge >= 0.3 is 0 Å². The maximum Gasteiger partial charge on any atom is 0.236 e. The molecule has 0 saturated carbocycles.